The Morgan fingerprint density at radius 3 is 1.33 bits per heavy atom. The molecule has 2 saturated heterocycles. The first-order valence-corrected chi connectivity index (χ1v) is 16.6. The summed E-state index contributed by atoms with van der Waals surface area (Å²) in [5.41, 5.74) is 2.24. The van der Waals surface area contributed by atoms with Gasteiger partial charge in [-0.3, -0.25) is 29.0 Å². The summed E-state index contributed by atoms with van der Waals surface area (Å²) in [6.07, 6.45) is 4.02. The number of piperidine rings is 2. The third kappa shape index (κ3) is 3.86. The number of carbonyl (C=O) groups is 4. The lowest BCUT2D eigenvalue weighted by Gasteiger charge is -2.35. The summed E-state index contributed by atoms with van der Waals surface area (Å²) in [6.45, 7) is 4.74. The van der Waals surface area contributed by atoms with E-state index in [1.807, 2.05) is 48.5 Å². The van der Waals surface area contributed by atoms with E-state index in [0.29, 0.717) is 52.0 Å². The van der Waals surface area contributed by atoms with Gasteiger partial charge in [0.1, 0.15) is 0 Å². The largest absolute Gasteiger partial charge is 0.306 e. The van der Waals surface area contributed by atoms with Gasteiger partial charge in [-0.05, 0) is 128 Å². The molecule has 2 fully saturated rings. The number of amides is 4. The average molecular weight is 613 g/mol. The van der Waals surface area contributed by atoms with Gasteiger partial charge in [0.15, 0.2) is 0 Å². The predicted molar refractivity (Wildman–Crippen MR) is 179 cm³/mol. The van der Waals surface area contributed by atoms with Crippen LogP contribution in [0.25, 0.3) is 43.1 Å². The summed E-state index contributed by atoms with van der Waals surface area (Å²) in [6, 6.07) is 15.4. The molecule has 5 aromatic carbocycles. The molecule has 4 amide bonds. The zero-order valence-corrected chi connectivity index (χ0v) is 26.3. The lowest BCUT2D eigenvalue weighted by Crippen LogP contribution is -2.46. The molecule has 5 aromatic rings. The van der Waals surface area contributed by atoms with Gasteiger partial charge in [-0.25, -0.2) is 0 Å². The van der Waals surface area contributed by atoms with Crippen LogP contribution in [0, 0.1) is 11.8 Å². The number of imide groups is 2. The van der Waals surface area contributed by atoms with Crippen LogP contribution in [-0.2, 0) is 0 Å². The fourth-order valence-corrected chi connectivity index (χ4v) is 8.88. The van der Waals surface area contributed by atoms with Gasteiger partial charge in [0.05, 0.1) is 0 Å². The summed E-state index contributed by atoms with van der Waals surface area (Å²) in [7, 11) is 4.20. The molecule has 0 saturated carbocycles. The Balaban J connectivity index is 1.18. The van der Waals surface area contributed by atoms with Gasteiger partial charge in [0, 0.05) is 52.7 Å². The van der Waals surface area contributed by atoms with E-state index in [-0.39, 0.29) is 29.5 Å². The Kier molecular flexibility index (Phi) is 6.09. The number of hydrogen-bond acceptors (Lipinski definition) is 6. The number of benzene rings is 5. The number of carbonyl (C=O) groups excluding carboxylic acids is 4. The molecule has 0 aliphatic carbocycles. The predicted octanol–water partition coefficient (Wildman–Crippen LogP) is 5.61. The molecular weight excluding hydrogens is 576 g/mol. The Bertz CT molecular complexity index is 2040. The minimum absolute atomic E-state index is 0.225. The van der Waals surface area contributed by atoms with E-state index in [1.54, 1.807) is 0 Å². The van der Waals surface area contributed by atoms with Crippen molar-refractivity contribution in [2.45, 2.75) is 25.7 Å². The second kappa shape index (κ2) is 10.0. The molecule has 0 N–H and O–H groups in total. The maximum atomic E-state index is 13.9. The van der Waals surface area contributed by atoms with Crippen molar-refractivity contribution >= 4 is 66.7 Å². The molecule has 232 valence electrons. The maximum absolute atomic E-state index is 13.9. The van der Waals surface area contributed by atoms with Crippen molar-refractivity contribution in [3.05, 3.63) is 70.8 Å². The van der Waals surface area contributed by atoms with Crippen LogP contribution in [-0.4, -0.2) is 96.6 Å². The van der Waals surface area contributed by atoms with Gasteiger partial charge in [-0.1, -0.05) is 24.3 Å². The van der Waals surface area contributed by atoms with E-state index in [2.05, 4.69) is 23.9 Å². The van der Waals surface area contributed by atoms with Crippen molar-refractivity contribution in [2.24, 2.45) is 11.8 Å². The maximum Gasteiger partial charge on any atom is 0.261 e. The van der Waals surface area contributed by atoms with Crippen molar-refractivity contribution in [2.75, 3.05) is 53.4 Å². The van der Waals surface area contributed by atoms with E-state index < -0.39 is 0 Å². The van der Waals surface area contributed by atoms with Gasteiger partial charge in [0.25, 0.3) is 23.6 Å². The molecule has 4 aliphatic rings. The van der Waals surface area contributed by atoms with E-state index >= 15 is 0 Å². The van der Waals surface area contributed by atoms with Crippen LogP contribution < -0.4 is 0 Å². The van der Waals surface area contributed by atoms with Crippen LogP contribution >= 0.6 is 0 Å². The van der Waals surface area contributed by atoms with Crippen LogP contribution in [0.15, 0.2) is 48.5 Å². The molecule has 0 bridgehead atoms. The van der Waals surface area contributed by atoms with Crippen molar-refractivity contribution in [3.8, 4) is 0 Å². The number of nitrogens with zero attached hydrogens (tertiary/aromatic N) is 4. The zero-order valence-electron chi connectivity index (χ0n) is 26.3. The van der Waals surface area contributed by atoms with Crippen LogP contribution in [0.1, 0.15) is 67.1 Å². The fraction of sp³-hybridized carbons (Fsp3) is 0.368. The first-order chi connectivity index (χ1) is 22.3. The lowest BCUT2D eigenvalue weighted by molar-refractivity contribution is 0.0543. The topological polar surface area (TPSA) is 81.2 Å². The number of rotatable bonds is 4. The van der Waals surface area contributed by atoms with Crippen LogP contribution in [0.5, 0.6) is 0 Å². The Morgan fingerprint density at radius 2 is 0.913 bits per heavy atom. The second-order valence-corrected chi connectivity index (χ2v) is 14.1. The molecule has 1 unspecified atom stereocenters. The minimum atomic E-state index is -0.230. The highest BCUT2D eigenvalue weighted by Crippen LogP contribution is 2.46. The highest BCUT2D eigenvalue weighted by Gasteiger charge is 2.38. The van der Waals surface area contributed by atoms with Crippen LogP contribution in [0.2, 0.25) is 0 Å². The molecule has 8 heteroatoms. The molecule has 8 nitrogen and oxygen atoms in total. The van der Waals surface area contributed by atoms with Crippen molar-refractivity contribution in [3.63, 3.8) is 0 Å². The number of likely N-dealkylation sites (tertiary alicyclic amines) is 2. The summed E-state index contributed by atoms with van der Waals surface area (Å²) >= 11 is 0. The molecule has 0 radical (unpaired) electrons. The van der Waals surface area contributed by atoms with Crippen molar-refractivity contribution in [1.29, 1.82) is 0 Å². The quantitative estimate of drug-likeness (QED) is 0.149. The van der Waals surface area contributed by atoms with E-state index in [0.717, 1.165) is 84.2 Å². The van der Waals surface area contributed by atoms with Gasteiger partial charge in [-0.15, -0.1) is 0 Å². The van der Waals surface area contributed by atoms with Gasteiger partial charge >= 0.3 is 0 Å². The minimum Gasteiger partial charge on any atom is -0.306 e. The highest BCUT2D eigenvalue weighted by atomic mass is 16.2. The summed E-state index contributed by atoms with van der Waals surface area (Å²) in [4.78, 5) is 63.2. The van der Waals surface area contributed by atoms with Crippen LogP contribution in [0.4, 0.5) is 0 Å². The molecule has 1 atom stereocenters. The first-order valence-electron chi connectivity index (χ1n) is 16.6. The third-order valence-electron chi connectivity index (χ3n) is 11.2. The lowest BCUT2D eigenvalue weighted by atomic mass is 9.82. The van der Waals surface area contributed by atoms with E-state index in [9.17, 15) is 19.2 Å². The molecule has 0 spiro atoms. The molecule has 4 aliphatic heterocycles. The number of fused-ring (bicyclic) bond motifs is 2. The van der Waals surface area contributed by atoms with Crippen LogP contribution in [0.3, 0.4) is 0 Å². The molecule has 46 heavy (non-hydrogen) atoms. The van der Waals surface area contributed by atoms with Gasteiger partial charge in [-0.2, -0.15) is 0 Å². The molecule has 0 aromatic heterocycles. The standard InChI is InChI=1S/C38H36N4O4/c1-39-16-13-21(14-17-39)19-41-35(43)27-9-5-23-25-7-11-29-34-30(38(46)42(37(29)45)20-22-4-3-15-40(2)18-22)12-8-26(32(25)34)24-6-10-28(36(41)44)33(27)31(23)24/h5-12,21-22H,3-4,13-20H2,1-2H3. The van der Waals surface area contributed by atoms with E-state index in [4.69, 9.17) is 0 Å². The molecule has 9 rings (SSSR count). The molecular formula is C38H36N4O4. The van der Waals surface area contributed by atoms with E-state index in [1.165, 1.54) is 9.80 Å². The third-order valence-corrected chi connectivity index (χ3v) is 11.2. The number of hydrogen-bond donors (Lipinski definition) is 0. The smallest absolute Gasteiger partial charge is 0.261 e. The average Bonchev–Trinajstić information content (AvgIpc) is 3.06. The van der Waals surface area contributed by atoms with Crippen molar-refractivity contribution in [1.82, 2.24) is 19.6 Å². The fourth-order valence-electron chi connectivity index (χ4n) is 8.88. The molecule has 4 heterocycles. The SMILES string of the molecule is CN1CCC(CN2C(=O)c3ccc4c5ccc6c7c(ccc(c8ccc(c3c48)C2=O)c75)C(=O)N(CC2CCCN(C)C2)C6=O)CC1. The van der Waals surface area contributed by atoms with Crippen molar-refractivity contribution < 1.29 is 19.2 Å². The first kappa shape index (κ1) is 27.9. The Morgan fingerprint density at radius 1 is 0.500 bits per heavy atom. The zero-order chi connectivity index (χ0) is 31.4. The Labute approximate surface area is 266 Å². The summed E-state index contributed by atoms with van der Waals surface area (Å²) in [5.74, 6) is -0.348. The normalized spacial score (nSPS) is 21.7. The summed E-state index contributed by atoms with van der Waals surface area (Å²) < 4.78 is 0. The summed E-state index contributed by atoms with van der Waals surface area (Å²) in [5, 5.41) is 6.88. The highest BCUT2D eigenvalue weighted by molar-refractivity contribution is 6.41. The van der Waals surface area contributed by atoms with Gasteiger partial charge in [0.2, 0.25) is 0 Å². The monoisotopic (exact) mass is 612 g/mol. The second-order valence-electron chi connectivity index (χ2n) is 14.1. The van der Waals surface area contributed by atoms with Gasteiger partial charge < -0.3 is 9.80 Å². The Hall–Kier alpha value is -4.40.